The van der Waals surface area contributed by atoms with Gasteiger partial charge in [-0.3, -0.25) is 4.79 Å². The van der Waals surface area contributed by atoms with Crippen LogP contribution < -0.4 is 10.1 Å². The molecule has 138 valence electrons. The molecule has 1 aromatic heterocycles. The van der Waals surface area contributed by atoms with E-state index in [4.69, 9.17) is 4.74 Å². The molecule has 1 amide bonds. The van der Waals surface area contributed by atoms with E-state index in [1.165, 1.54) is 32.9 Å². The molecule has 5 heteroatoms. The summed E-state index contributed by atoms with van der Waals surface area (Å²) in [6.45, 7) is 1.86. The minimum Gasteiger partial charge on any atom is -0.508 e. The molecule has 1 atom stereocenters. The number of hydrogen-bond donors (Lipinski definition) is 2. The van der Waals surface area contributed by atoms with Crippen LogP contribution in [0.2, 0.25) is 0 Å². The maximum atomic E-state index is 12.8. The first-order chi connectivity index (χ1) is 13.1. The van der Waals surface area contributed by atoms with Crippen LogP contribution in [0.5, 0.6) is 11.5 Å². The fourth-order valence-electron chi connectivity index (χ4n) is 3.54. The Morgan fingerprint density at radius 3 is 2.74 bits per heavy atom. The summed E-state index contributed by atoms with van der Waals surface area (Å²) < 4.78 is 5.22. The van der Waals surface area contributed by atoms with E-state index < -0.39 is 0 Å². The predicted molar refractivity (Wildman–Crippen MR) is 108 cm³/mol. The molecule has 0 aliphatic heterocycles. The number of phenolic OH excluding ortho intramolecular Hbond substituents is 1. The molecule has 0 fully saturated rings. The third-order valence-corrected chi connectivity index (χ3v) is 6.22. The van der Waals surface area contributed by atoms with E-state index in [0.717, 1.165) is 12.8 Å². The monoisotopic (exact) mass is 379 g/mol. The molecule has 0 saturated carbocycles. The van der Waals surface area contributed by atoms with E-state index in [-0.39, 0.29) is 17.7 Å². The van der Waals surface area contributed by atoms with Crippen molar-refractivity contribution in [3.05, 3.63) is 70.1 Å². The van der Waals surface area contributed by atoms with Crippen LogP contribution in [0.4, 0.5) is 0 Å². The van der Waals surface area contributed by atoms with Crippen LogP contribution in [-0.4, -0.2) is 18.1 Å². The van der Waals surface area contributed by atoms with E-state index in [0.29, 0.717) is 16.2 Å². The van der Waals surface area contributed by atoms with E-state index in [1.54, 1.807) is 25.3 Å². The van der Waals surface area contributed by atoms with Gasteiger partial charge >= 0.3 is 0 Å². The number of carbonyl (C=O) groups excluding carboxylic acids is 1. The van der Waals surface area contributed by atoms with Gasteiger partial charge in [0.05, 0.1) is 18.0 Å². The van der Waals surface area contributed by atoms with E-state index >= 15 is 0 Å². The Kier molecular flexibility index (Phi) is 4.62. The lowest BCUT2D eigenvalue weighted by molar-refractivity contribution is 0.0943. The molecular weight excluding hydrogens is 358 g/mol. The quantitative estimate of drug-likeness (QED) is 0.690. The number of hydrogen-bond acceptors (Lipinski definition) is 4. The van der Waals surface area contributed by atoms with Gasteiger partial charge in [0.25, 0.3) is 5.91 Å². The fraction of sp³-hybridized carbons (Fsp3) is 0.227. The molecule has 0 bridgehead atoms. The second kappa shape index (κ2) is 7.08. The molecule has 1 heterocycles. The highest BCUT2D eigenvalue weighted by Crippen LogP contribution is 2.39. The maximum Gasteiger partial charge on any atom is 0.261 e. The Hall–Kier alpha value is -2.79. The zero-order valence-corrected chi connectivity index (χ0v) is 16.1. The third kappa shape index (κ3) is 3.30. The number of rotatable bonds is 4. The molecule has 4 rings (SSSR count). The summed E-state index contributed by atoms with van der Waals surface area (Å²) in [5.41, 5.74) is 4.45. The first-order valence-corrected chi connectivity index (χ1v) is 9.77. The molecule has 0 saturated heterocycles. The number of methoxy groups -OCH3 is 1. The molecule has 0 radical (unpaired) electrons. The van der Waals surface area contributed by atoms with E-state index in [2.05, 4.69) is 23.5 Å². The van der Waals surface area contributed by atoms with Gasteiger partial charge in [0.15, 0.2) is 0 Å². The van der Waals surface area contributed by atoms with Gasteiger partial charge in [0.1, 0.15) is 11.5 Å². The number of carbonyl (C=O) groups is 1. The summed E-state index contributed by atoms with van der Waals surface area (Å²) in [4.78, 5) is 14.7. The van der Waals surface area contributed by atoms with Crippen LogP contribution in [0, 0.1) is 0 Å². The van der Waals surface area contributed by atoms with Crippen LogP contribution in [0.25, 0.3) is 10.4 Å². The number of ether oxygens (including phenoxy) is 1. The molecule has 2 aromatic carbocycles. The van der Waals surface area contributed by atoms with Crippen molar-refractivity contribution in [3.8, 4) is 21.9 Å². The number of fused-ring (bicyclic) bond motifs is 3. The Bertz CT molecular complexity index is 1010. The van der Waals surface area contributed by atoms with Crippen molar-refractivity contribution in [2.24, 2.45) is 0 Å². The normalized spacial score (nSPS) is 13.4. The minimum absolute atomic E-state index is 0.124. The van der Waals surface area contributed by atoms with Gasteiger partial charge in [0, 0.05) is 10.4 Å². The molecule has 0 spiro atoms. The molecule has 4 nitrogen and oxygen atoms in total. The lowest BCUT2D eigenvalue weighted by atomic mass is 9.91. The van der Waals surface area contributed by atoms with Crippen molar-refractivity contribution in [1.82, 2.24) is 5.32 Å². The number of aromatic hydroxyl groups is 1. The average molecular weight is 379 g/mol. The molecule has 27 heavy (non-hydrogen) atoms. The summed E-state index contributed by atoms with van der Waals surface area (Å²) in [5, 5.41) is 13.1. The van der Waals surface area contributed by atoms with E-state index in [9.17, 15) is 9.90 Å². The lowest BCUT2D eigenvalue weighted by Crippen LogP contribution is -2.26. The smallest absolute Gasteiger partial charge is 0.261 e. The van der Waals surface area contributed by atoms with Gasteiger partial charge in [-0.15, -0.1) is 11.3 Å². The molecule has 2 N–H and O–H groups in total. The molecule has 1 unspecified atom stereocenters. The summed E-state index contributed by atoms with van der Waals surface area (Å²) in [5.74, 6) is 0.664. The average Bonchev–Trinajstić information content (AvgIpc) is 3.13. The maximum absolute atomic E-state index is 12.8. The highest BCUT2D eigenvalue weighted by atomic mass is 32.1. The summed E-state index contributed by atoms with van der Waals surface area (Å²) in [6.07, 6.45) is 1.97. The minimum atomic E-state index is -0.334. The van der Waals surface area contributed by atoms with Gasteiger partial charge < -0.3 is 15.2 Å². The van der Waals surface area contributed by atoms with Gasteiger partial charge in [-0.05, 0) is 60.7 Å². The van der Waals surface area contributed by atoms with Crippen molar-refractivity contribution in [2.45, 2.75) is 25.8 Å². The molecule has 3 aromatic rings. The number of nitrogens with one attached hydrogen (secondary N) is 1. The topological polar surface area (TPSA) is 58.6 Å². The number of phenols is 1. The Labute approximate surface area is 162 Å². The van der Waals surface area contributed by atoms with E-state index in [1.807, 2.05) is 19.1 Å². The molecule has 1 aliphatic rings. The molecular formula is C22H21NO3S. The van der Waals surface area contributed by atoms with Crippen molar-refractivity contribution in [1.29, 1.82) is 0 Å². The lowest BCUT2D eigenvalue weighted by Gasteiger charge is -2.16. The van der Waals surface area contributed by atoms with Crippen LogP contribution in [0.15, 0.2) is 48.5 Å². The van der Waals surface area contributed by atoms with Crippen molar-refractivity contribution < 1.29 is 14.6 Å². The van der Waals surface area contributed by atoms with Crippen LogP contribution in [0.1, 0.15) is 39.3 Å². The number of benzene rings is 2. The van der Waals surface area contributed by atoms with Gasteiger partial charge in [-0.25, -0.2) is 0 Å². The number of aryl methyl sites for hydroxylation is 2. The van der Waals surface area contributed by atoms with Crippen LogP contribution in [0.3, 0.4) is 0 Å². The Morgan fingerprint density at radius 2 is 1.93 bits per heavy atom. The highest BCUT2D eigenvalue weighted by Gasteiger charge is 2.22. The zero-order valence-electron chi connectivity index (χ0n) is 15.3. The standard InChI is InChI=1S/C22H21NO3S/c1-13(18-12-16(26-2)9-10-19(18)24)23-22(25)20-11-15-8-7-14-5-3-4-6-17(14)21(15)27-20/h3-6,9-13,24H,7-8H2,1-2H3,(H,23,25). The number of thiophene rings is 1. The largest absolute Gasteiger partial charge is 0.508 e. The summed E-state index contributed by atoms with van der Waals surface area (Å²) in [6, 6.07) is 15.1. The van der Waals surface area contributed by atoms with Gasteiger partial charge in [0.2, 0.25) is 0 Å². The second-order valence-electron chi connectivity index (χ2n) is 6.74. The van der Waals surface area contributed by atoms with Crippen LogP contribution >= 0.6 is 11.3 Å². The van der Waals surface area contributed by atoms with Crippen molar-refractivity contribution in [2.75, 3.05) is 7.11 Å². The Morgan fingerprint density at radius 1 is 1.15 bits per heavy atom. The number of amides is 1. The van der Waals surface area contributed by atoms with Gasteiger partial charge in [-0.1, -0.05) is 24.3 Å². The SMILES string of the molecule is COc1ccc(O)c(C(C)NC(=O)c2cc3c(s2)-c2ccccc2CC3)c1. The predicted octanol–water partition coefficient (Wildman–Crippen LogP) is 4.72. The molecule has 1 aliphatic carbocycles. The first-order valence-electron chi connectivity index (χ1n) is 8.95. The second-order valence-corrected chi connectivity index (χ2v) is 7.79. The Balaban J connectivity index is 1.58. The zero-order chi connectivity index (χ0) is 19.0. The summed E-state index contributed by atoms with van der Waals surface area (Å²) >= 11 is 1.54. The fourth-order valence-corrected chi connectivity index (χ4v) is 4.71. The van der Waals surface area contributed by atoms with Gasteiger partial charge in [-0.2, -0.15) is 0 Å². The third-order valence-electron chi connectivity index (χ3n) is 5.01. The van der Waals surface area contributed by atoms with Crippen molar-refractivity contribution >= 4 is 17.2 Å². The first kappa shape index (κ1) is 17.6. The summed E-state index contributed by atoms with van der Waals surface area (Å²) in [7, 11) is 1.58. The highest BCUT2D eigenvalue weighted by molar-refractivity contribution is 7.17. The van der Waals surface area contributed by atoms with Crippen molar-refractivity contribution in [3.63, 3.8) is 0 Å². The van der Waals surface area contributed by atoms with Crippen LogP contribution in [-0.2, 0) is 12.8 Å².